The van der Waals surface area contributed by atoms with Gasteiger partial charge in [-0.25, -0.2) is 0 Å². The van der Waals surface area contributed by atoms with Crippen LogP contribution in [0.15, 0.2) is 73.1 Å². The van der Waals surface area contributed by atoms with E-state index in [9.17, 15) is 14.9 Å². The number of amides is 1. The van der Waals surface area contributed by atoms with Crippen molar-refractivity contribution in [1.82, 2.24) is 0 Å². The van der Waals surface area contributed by atoms with E-state index in [1.54, 1.807) is 17.7 Å². The van der Waals surface area contributed by atoms with Crippen molar-refractivity contribution in [1.29, 1.82) is 0 Å². The van der Waals surface area contributed by atoms with Crippen molar-refractivity contribution in [2.45, 2.75) is 13.0 Å². The van der Waals surface area contributed by atoms with Gasteiger partial charge in [-0.3, -0.25) is 14.9 Å². The first-order valence-electron chi connectivity index (χ1n) is 8.69. The summed E-state index contributed by atoms with van der Waals surface area (Å²) in [5.74, 6) is 0.0446. The highest BCUT2D eigenvalue weighted by atomic mass is 16.6. The smallest absolute Gasteiger partial charge is 0.293 e. The molecule has 0 bridgehead atoms. The summed E-state index contributed by atoms with van der Waals surface area (Å²) >= 11 is 0. The number of rotatable bonds is 6. The fourth-order valence-corrected chi connectivity index (χ4v) is 2.81. The number of nitro groups is 1. The monoisotopic (exact) mass is 378 g/mol. The lowest BCUT2D eigenvalue weighted by molar-refractivity contribution is -0.705. The number of aromatic nitrogens is 1. The van der Waals surface area contributed by atoms with E-state index >= 15 is 0 Å². The molecule has 1 aromatic heterocycles. The number of nitro benzene ring substituents is 1. The molecule has 0 radical (unpaired) electrons. The number of benzene rings is 2. The quantitative estimate of drug-likeness (QED) is 0.402. The second kappa shape index (κ2) is 8.30. The summed E-state index contributed by atoms with van der Waals surface area (Å²) in [6.45, 7) is 1.76. The molecular weight excluding hydrogens is 358 g/mol. The highest BCUT2D eigenvalue weighted by Crippen LogP contribution is 2.29. The van der Waals surface area contributed by atoms with Crippen LogP contribution in [0.25, 0.3) is 11.1 Å². The molecule has 0 unspecified atom stereocenters. The third-order valence-electron chi connectivity index (χ3n) is 4.41. The molecular formula is C21H20N3O4+. The zero-order valence-corrected chi connectivity index (χ0v) is 15.5. The molecule has 0 aliphatic carbocycles. The summed E-state index contributed by atoms with van der Waals surface area (Å²) in [6.07, 6.45) is 3.70. The minimum Gasteiger partial charge on any atom is -0.495 e. The Hall–Kier alpha value is -3.74. The summed E-state index contributed by atoms with van der Waals surface area (Å²) in [6, 6.07) is 17.2. The van der Waals surface area contributed by atoms with Crippen LogP contribution in [0.3, 0.4) is 0 Å². The number of non-ortho nitro benzene ring substituents is 1. The average Bonchev–Trinajstić information content (AvgIpc) is 2.73. The Balaban J connectivity index is 1.84. The fourth-order valence-electron chi connectivity index (χ4n) is 2.81. The van der Waals surface area contributed by atoms with Gasteiger partial charge in [-0.2, -0.15) is 4.57 Å². The van der Waals surface area contributed by atoms with Gasteiger partial charge in [0.1, 0.15) is 5.75 Å². The van der Waals surface area contributed by atoms with Crippen molar-refractivity contribution >= 4 is 17.3 Å². The Kier molecular flexibility index (Phi) is 5.64. The van der Waals surface area contributed by atoms with Gasteiger partial charge in [0.05, 0.1) is 17.7 Å². The highest BCUT2D eigenvalue weighted by Gasteiger charge is 2.24. The Morgan fingerprint density at radius 3 is 2.50 bits per heavy atom. The van der Waals surface area contributed by atoms with E-state index < -0.39 is 11.0 Å². The van der Waals surface area contributed by atoms with Crippen LogP contribution in [-0.2, 0) is 4.79 Å². The minimum atomic E-state index is -0.535. The van der Waals surface area contributed by atoms with Crippen LogP contribution in [0.4, 0.5) is 11.4 Å². The molecule has 0 fully saturated rings. The zero-order chi connectivity index (χ0) is 20.1. The molecule has 1 atom stereocenters. The largest absolute Gasteiger partial charge is 0.495 e. The summed E-state index contributed by atoms with van der Waals surface area (Å²) < 4.78 is 6.99. The maximum absolute atomic E-state index is 12.8. The lowest BCUT2D eigenvalue weighted by Gasteiger charge is -2.12. The number of hydrogen-bond acceptors (Lipinski definition) is 4. The van der Waals surface area contributed by atoms with Crippen molar-refractivity contribution in [3.8, 4) is 16.9 Å². The Morgan fingerprint density at radius 1 is 1.11 bits per heavy atom. The van der Waals surface area contributed by atoms with Crippen LogP contribution in [0, 0.1) is 10.1 Å². The number of hydrogen-bond donors (Lipinski definition) is 1. The molecule has 7 nitrogen and oxygen atoms in total. The molecule has 1 heterocycles. The van der Waals surface area contributed by atoms with Gasteiger partial charge in [0, 0.05) is 30.7 Å². The lowest BCUT2D eigenvalue weighted by Crippen LogP contribution is -2.44. The molecule has 142 valence electrons. The summed E-state index contributed by atoms with van der Waals surface area (Å²) in [7, 11) is 1.44. The molecule has 1 N–H and O–H groups in total. The van der Waals surface area contributed by atoms with Crippen molar-refractivity contribution in [3.05, 3.63) is 83.2 Å². The second-order valence-corrected chi connectivity index (χ2v) is 6.21. The Labute approximate surface area is 162 Å². The first-order chi connectivity index (χ1) is 13.5. The summed E-state index contributed by atoms with van der Waals surface area (Å²) in [4.78, 5) is 23.2. The number of carbonyl (C=O) groups excluding carboxylic acids is 1. The van der Waals surface area contributed by atoms with Gasteiger partial charge in [0.2, 0.25) is 6.04 Å². The zero-order valence-electron chi connectivity index (χ0n) is 15.5. The third-order valence-corrected chi connectivity index (χ3v) is 4.41. The molecule has 0 aliphatic rings. The topological polar surface area (TPSA) is 85.3 Å². The maximum atomic E-state index is 12.8. The first kappa shape index (κ1) is 19.0. The predicted octanol–water partition coefficient (Wildman–Crippen LogP) is 3.76. The van der Waals surface area contributed by atoms with Gasteiger partial charge in [-0.1, -0.05) is 30.3 Å². The molecule has 3 aromatic rings. The maximum Gasteiger partial charge on any atom is 0.293 e. The van der Waals surface area contributed by atoms with Gasteiger partial charge in [-0.05, 0) is 17.7 Å². The van der Waals surface area contributed by atoms with E-state index in [-0.39, 0.29) is 17.3 Å². The van der Waals surface area contributed by atoms with E-state index in [2.05, 4.69) is 5.32 Å². The molecule has 3 rings (SSSR count). The van der Waals surface area contributed by atoms with Crippen LogP contribution >= 0.6 is 0 Å². The standard InChI is InChI=1S/C21H19N3O4/c1-15(23-12-6-9-17(14-23)16-7-4-3-5-8-16)21(25)22-19-13-18(24(26)27)10-11-20(19)28-2/h3-15H,1-2H3/p+1/t15-/m1/s1. The van der Waals surface area contributed by atoms with E-state index in [4.69, 9.17) is 4.74 Å². The number of pyridine rings is 1. The van der Waals surface area contributed by atoms with Crippen LogP contribution in [0.1, 0.15) is 13.0 Å². The normalized spacial score (nSPS) is 11.5. The Morgan fingerprint density at radius 2 is 1.82 bits per heavy atom. The summed E-state index contributed by atoms with van der Waals surface area (Å²) in [5, 5.41) is 13.7. The molecule has 2 aromatic carbocycles. The fraction of sp³-hybridized carbons (Fsp3) is 0.143. The van der Waals surface area contributed by atoms with Crippen LogP contribution < -0.4 is 14.6 Å². The highest BCUT2D eigenvalue weighted by molar-refractivity contribution is 5.94. The number of ether oxygens (including phenoxy) is 1. The average molecular weight is 378 g/mol. The minimum absolute atomic E-state index is 0.123. The van der Waals surface area contributed by atoms with E-state index in [1.165, 1.54) is 25.3 Å². The summed E-state index contributed by atoms with van der Waals surface area (Å²) in [5.41, 5.74) is 2.16. The van der Waals surface area contributed by atoms with E-state index in [1.807, 2.05) is 48.7 Å². The van der Waals surface area contributed by atoms with Crippen LogP contribution in [-0.4, -0.2) is 17.9 Å². The molecule has 1 amide bonds. The molecule has 0 aliphatic heterocycles. The molecule has 7 heteroatoms. The van der Waals surface area contributed by atoms with Crippen LogP contribution in [0.5, 0.6) is 5.75 Å². The number of nitrogens with one attached hydrogen (secondary N) is 1. The number of methoxy groups -OCH3 is 1. The van der Waals surface area contributed by atoms with Gasteiger partial charge >= 0.3 is 0 Å². The molecule has 0 spiro atoms. The van der Waals surface area contributed by atoms with Gasteiger partial charge in [0.25, 0.3) is 11.6 Å². The van der Waals surface area contributed by atoms with Crippen molar-refractivity contribution < 1.29 is 19.0 Å². The van der Waals surface area contributed by atoms with Gasteiger partial charge in [0.15, 0.2) is 12.4 Å². The third kappa shape index (κ3) is 4.15. The van der Waals surface area contributed by atoms with Gasteiger partial charge < -0.3 is 10.1 Å². The molecule has 0 saturated heterocycles. The lowest BCUT2D eigenvalue weighted by atomic mass is 10.1. The van der Waals surface area contributed by atoms with Crippen molar-refractivity contribution in [2.24, 2.45) is 0 Å². The Bertz CT molecular complexity index is 1010. The van der Waals surface area contributed by atoms with E-state index in [0.717, 1.165) is 11.1 Å². The van der Waals surface area contributed by atoms with Crippen LogP contribution in [0.2, 0.25) is 0 Å². The van der Waals surface area contributed by atoms with Gasteiger partial charge in [-0.15, -0.1) is 0 Å². The van der Waals surface area contributed by atoms with E-state index in [0.29, 0.717) is 5.75 Å². The SMILES string of the molecule is COc1ccc([N+](=O)[O-])cc1NC(=O)[C@@H](C)[n+]1cccc(-c2ccccc2)c1. The second-order valence-electron chi connectivity index (χ2n) is 6.21. The number of carbonyl (C=O) groups is 1. The molecule has 0 saturated carbocycles. The van der Waals surface area contributed by atoms with Crippen molar-refractivity contribution in [3.63, 3.8) is 0 Å². The van der Waals surface area contributed by atoms with Crippen molar-refractivity contribution in [2.75, 3.05) is 12.4 Å². The first-order valence-corrected chi connectivity index (χ1v) is 8.69. The predicted molar refractivity (Wildman–Crippen MR) is 105 cm³/mol. The number of nitrogens with zero attached hydrogens (tertiary/aromatic N) is 2. The molecule has 28 heavy (non-hydrogen) atoms. The number of anilines is 1.